The first-order chi connectivity index (χ1) is 7.53. The first-order valence-electron chi connectivity index (χ1n) is 4.81. The van der Waals surface area contributed by atoms with Crippen LogP contribution in [0.3, 0.4) is 0 Å². The Kier molecular flexibility index (Phi) is 4.82. The summed E-state index contributed by atoms with van der Waals surface area (Å²) in [5, 5.41) is 12.3. The molecule has 0 aromatic carbocycles. The lowest BCUT2D eigenvalue weighted by molar-refractivity contribution is -0.123. The number of nitrogens with one attached hydrogen (secondary N) is 1. The summed E-state index contributed by atoms with van der Waals surface area (Å²) in [6, 6.07) is 3.76. The van der Waals surface area contributed by atoms with Crippen LogP contribution in [0.4, 0.5) is 8.78 Å². The first kappa shape index (κ1) is 13.1. The Morgan fingerprint density at radius 1 is 1.56 bits per heavy atom. The number of hydrogen-bond donors (Lipinski definition) is 2. The zero-order valence-corrected chi connectivity index (χ0v) is 9.40. The largest absolute Gasteiger partial charge is 0.390 e. The van der Waals surface area contributed by atoms with E-state index in [0.717, 1.165) is 4.88 Å². The van der Waals surface area contributed by atoms with Gasteiger partial charge in [0.1, 0.15) is 6.61 Å². The number of thiophene rings is 1. The molecule has 0 aliphatic heterocycles. The monoisotopic (exact) mass is 249 g/mol. The standard InChI is InChI=1S/C10H13F2NO2S/c11-10(12,7-14)6-13-9(15)4-3-8-2-1-5-16-8/h1-2,5,14H,3-4,6-7H2,(H,13,15). The molecule has 0 bridgehead atoms. The highest BCUT2D eigenvalue weighted by Gasteiger charge is 2.27. The van der Waals surface area contributed by atoms with E-state index >= 15 is 0 Å². The Bertz CT molecular complexity index is 328. The van der Waals surface area contributed by atoms with Crippen LogP contribution in [0.1, 0.15) is 11.3 Å². The van der Waals surface area contributed by atoms with Crippen LogP contribution >= 0.6 is 11.3 Å². The Morgan fingerprint density at radius 3 is 2.88 bits per heavy atom. The van der Waals surface area contributed by atoms with Crippen LogP contribution in [0.15, 0.2) is 17.5 Å². The van der Waals surface area contributed by atoms with Crippen LogP contribution in [0, 0.1) is 0 Å². The van der Waals surface area contributed by atoms with Gasteiger partial charge in [0.2, 0.25) is 5.91 Å². The van der Waals surface area contributed by atoms with Crippen molar-refractivity contribution in [3.63, 3.8) is 0 Å². The van der Waals surface area contributed by atoms with E-state index in [1.165, 1.54) is 11.3 Å². The molecule has 1 rings (SSSR count). The Hall–Kier alpha value is -1.01. The normalized spacial score (nSPS) is 11.4. The molecule has 6 heteroatoms. The molecule has 0 saturated carbocycles. The van der Waals surface area contributed by atoms with E-state index in [0.29, 0.717) is 6.42 Å². The van der Waals surface area contributed by atoms with Gasteiger partial charge in [-0.3, -0.25) is 4.79 Å². The van der Waals surface area contributed by atoms with Crippen molar-refractivity contribution in [2.75, 3.05) is 13.2 Å². The molecule has 1 heterocycles. The lowest BCUT2D eigenvalue weighted by Crippen LogP contribution is -2.39. The van der Waals surface area contributed by atoms with E-state index in [2.05, 4.69) is 5.32 Å². The minimum atomic E-state index is -3.24. The molecule has 90 valence electrons. The molecule has 0 unspecified atom stereocenters. The highest BCUT2D eigenvalue weighted by molar-refractivity contribution is 7.09. The number of rotatable bonds is 6. The van der Waals surface area contributed by atoms with Crippen molar-refractivity contribution in [3.05, 3.63) is 22.4 Å². The fraction of sp³-hybridized carbons (Fsp3) is 0.500. The van der Waals surface area contributed by atoms with Gasteiger partial charge in [-0.2, -0.15) is 0 Å². The predicted octanol–water partition coefficient (Wildman–Crippen LogP) is 1.42. The fourth-order valence-electron chi connectivity index (χ4n) is 1.06. The maximum absolute atomic E-state index is 12.6. The van der Waals surface area contributed by atoms with Gasteiger partial charge in [-0.1, -0.05) is 6.07 Å². The molecule has 1 aromatic heterocycles. The van der Waals surface area contributed by atoms with Crippen LogP contribution in [-0.4, -0.2) is 30.1 Å². The third kappa shape index (κ3) is 4.67. The van der Waals surface area contributed by atoms with Gasteiger partial charge in [-0.05, 0) is 17.9 Å². The summed E-state index contributed by atoms with van der Waals surface area (Å²) in [6.45, 7) is -2.06. The zero-order valence-electron chi connectivity index (χ0n) is 8.58. The highest BCUT2D eigenvalue weighted by Crippen LogP contribution is 2.12. The number of aliphatic hydroxyl groups is 1. The molecule has 0 spiro atoms. The van der Waals surface area contributed by atoms with Crippen LogP contribution in [0.25, 0.3) is 0 Å². The second-order valence-electron chi connectivity index (χ2n) is 3.37. The van der Waals surface area contributed by atoms with Crippen LogP contribution < -0.4 is 5.32 Å². The SMILES string of the molecule is O=C(CCc1cccs1)NCC(F)(F)CO. The zero-order chi connectivity index (χ0) is 12.0. The molecule has 0 aliphatic rings. The van der Waals surface area contributed by atoms with Gasteiger partial charge in [0.15, 0.2) is 0 Å². The average Bonchev–Trinajstić information content (AvgIpc) is 2.76. The second-order valence-corrected chi connectivity index (χ2v) is 4.40. The maximum atomic E-state index is 12.6. The number of alkyl halides is 2. The Morgan fingerprint density at radius 2 is 2.31 bits per heavy atom. The van der Waals surface area contributed by atoms with E-state index in [-0.39, 0.29) is 6.42 Å². The Labute approximate surface area is 96.1 Å². The van der Waals surface area contributed by atoms with Gasteiger partial charge in [0.25, 0.3) is 5.92 Å². The van der Waals surface area contributed by atoms with Gasteiger partial charge in [-0.25, -0.2) is 8.78 Å². The van der Waals surface area contributed by atoms with Gasteiger partial charge >= 0.3 is 0 Å². The molecule has 0 radical (unpaired) electrons. The van der Waals surface area contributed by atoms with E-state index in [1.807, 2.05) is 17.5 Å². The van der Waals surface area contributed by atoms with Crippen LogP contribution in [-0.2, 0) is 11.2 Å². The Balaban J connectivity index is 2.21. The highest BCUT2D eigenvalue weighted by atomic mass is 32.1. The van der Waals surface area contributed by atoms with E-state index in [4.69, 9.17) is 5.11 Å². The third-order valence-corrected chi connectivity index (χ3v) is 2.89. The minimum Gasteiger partial charge on any atom is -0.390 e. The molecule has 0 saturated heterocycles. The molecule has 0 fully saturated rings. The molecule has 3 nitrogen and oxygen atoms in total. The number of aryl methyl sites for hydroxylation is 1. The van der Waals surface area contributed by atoms with Crippen LogP contribution in [0.5, 0.6) is 0 Å². The molecular formula is C10H13F2NO2S. The number of aliphatic hydroxyl groups excluding tert-OH is 1. The lowest BCUT2D eigenvalue weighted by Gasteiger charge is -2.13. The van der Waals surface area contributed by atoms with Crippen molar-refractivity contribution >= 4 is 17.2 Å². The quantitative estimate of drug-likeness (QED) is 0.801. The summed E-state index contributed by atoms with van der Waals surface area (Å²) >= 11 is 1.52. The molecule has 0 aliphatic carbocycles. The van der Waals surface area contributed by atoms with E-state index in [1.54, 1.807) is 0 Å². The predicted molar refractivity (Wildman–Crippen MR) is 57.7 cm³/mol. The summed E-state index contributed by atoms with van der Waals surface area (Å²) in [6.07, 6.45) is 0.732. The number of hydrogen-bond acceptors (Lipinski definition) is 3. The summed E-state index contributed by atoms with van der Waals surface area (Å²) < 4.78 is 25.1. The first-order valence-corrected chi connectivity index (χ1v) is 5.69. The van der Waals surface area contributed by atoms with Gasteiger partial charge in [0, 0.05) is 11.3 Å². The molecule has 16 heavy (non-hydrogen) atoms. The lowest BCUT2D eigenvalue weighted by atomic mass is 10.2. The van der Waals surface area contributed by atoms with Gasteiger partial charge < -0.3 is 10.4 Å². The minimum absolute atomic E-state index is 0.183. The fourth-order valence-corrected chi connectivity index (χ4v) is 1.77. The van der Waals surface area contributed by atoms with Crippen LogP contribution in [0.2, 0.25) is 0 Å². The van der Waals surface area contributed by atoms with Crippen molar-refractivity contribution in [2.24, 2.45) is 0 Å². The summed E-state index contributed by atoms with van der Waals surface area (Å²) in [4.78, 5) is 12.2. The maximum Gasteiger partial charge on any atom is 0.287 e. The van der Waals surface area contributed by atoms with Crippen molar-refractivity contribution < 1.29 is 18.7 Å². The summed E-state index contributed by atoms with van der Waals surface area (Å²) in [5.74, 6) is -3.67. The average molecular weight is 249 g/mol. The van der Waals surface area contributed by atoms with E-state index < -0.39 is 25.0 Å². The van der Waals surface area contributed by atoms with E-state index in [9.17, 15) is 13.6 Å². The molecule has 1 amide bonds. The van der Waals surface area contributed by atoms with Crippen molar-refractivity contribution in [3.8, 4) is 0 Å². The van der Waals surface area contributed by atoms with Crippen molar-refractivity contribution in [1.29, 1.82) is 0 Å². The summed E-state index contributed by atoms with van der Waals surface area (Å²) in [5.41, 5.74) is 0. The summed E-state index contributed by atoms with van der Waals surface area (Å²) in [7, 11) is 0. The third-order valence-electron chi connectivity index (χ3n) is 1.95. The smallest absolute Gasteiger partial charge is 0.287 e. The number of halogens is 2. The number of carbonyl (C=O) groups is 1. The van der Waals surface area contributed by atoms with Gasteiger partial charge in [0.05, 0.1) is 6.54 Å². The number of amides is 1. The topological polar surface area (TPSA) is 49.3 Å². The molecule has 0 atom stereocenters. The van der Waals surface area contributed by atoms with Crippen molar-refractivity contribution in [1.82, 2.24) is 5.32 Å². The molecule has 2 N–H and O–H groups in total. The second kappa shape index (κ2) is 5.91. The molecule has 1 aromatic rings. The molecular weight excluding hydrogens is 236 g/mol. The number of carbonyl (C=O) groups excluding carboxylic acids is 1. The van der Waals surface area contributed by atoms with Crippen molar-refractivity contribution in [2.45, 2.75) is 18.8 Å². The van der Waals surface area contributed by atoms with Gasteiger partial charge in [-0.15, -0.1) is 11.3 Å².